The van der Waals surface area contributed by atoms with Crippen LogP contribution in [0.5, 0.6) is 0 Å². The molecule has 0 saturated heterocycles. The van der Waals surface area contributed by atoms with Crippen LogP contribution in [0.25, 0.3) is 0 Å². The van der Waals surface area contributed by atoms with Gasteiger partial charge in [-0.1, -0.05) is 60.3 Å². The summed E-state index contributed by atoms with van der Waals surface area (Å²) in [5, 5.41) is 8.70. The molecule has 0 bridgehead atoms. The molecule has 3 N–H and O–H groups in total. The maximum atomic E-state index is 12.7. The minimum atomic E-state index is -0.595. The van der Waals surface area contributed by atoms with Crippen LogP contribution in [-0.2, 0) is 14.4 Å². The van der Waals surface area contributed by atoms with Gasteiger partial charge in [-0.3, -0.25) is 14.4 Å². The zero-order chi connectivity index (χ0) is 20.8. The predicted molar refractivity (Wildman–Crippen MR) is 110 cm³/mol. The molecular weight excluding hydrogens is 342 g/mol. The molecule has 0 aromatic heterocycles. The first-order valence-electron chi connectivity index (χ1n) is 10.7. The Morgan fingerprint density at radius 2 is 1.00 bits per heavy atom. The van der Waals surface area contributed by atoms with Gasteiger partial charge < -0.3 is 16.0 Å². The molecule has 3 amide bonds. The lowest BCUT2D eigenvalue weighted by atomic mass is 10.0. The second-order valence-electron chi connectivity index (χ2n) is 7.59. The largest absolute Gasteiger partial charge is 0.352 e. The Labute approximate surface area is 165 Å². The van der Waals surface area contributed by atoms with Crippen LogP contribution in [0.1, 0.15) is 92.9 Å². The molecule has 0 spiro atoms. The summed E-state index contributed by atoms with van der Waals surface area (Å²) >= 11 is 0. The normalized spacial score (nSPS) is 15.3. The molecule has 0 aromatic rings. The van der Waals surface area contributed by atoms with Crippen molar-refractivity contribution in [2.45, 2.75) is 111 Å². The first-order valence-corrected chi connectivity index (χ1v) is 10.7. The van der Waals surface area contributed by atoms with Gasteiger partial charge in [-0.15, -0.1) is 0 Å². The number of rotatable bonds is 14. The van der Waals surface area contributed by atoms with Gasteiger partial charge in [-0.05, 0) is 32.6 Å². The summed E-state index contributed by atoms with van der Waals surface area (Å²) in [4.78, 5) is 37.6. The van der Waals surface area contributed by atoms with E-state index in [4.69, 9.17) is 0 Å². The van der Waals surface area contributed by atoms with Crippen LogP contribution in [0, 0.1) is 5.92 Å². The Bertz CT molecular complexity index is 454. The highest BCUT2D eigenvalue weighted by molar-refractivity contribution is 5.92. The minimum absolute atomic E-state index is 0.0831. The lowest BCUT2D eigenvalue weighted by molar-refractivity contribution is -0.133. The quantitative estimate of drug-likeness (QED) is 0.430. The van der Waals surface area contributed by atoms with Crippen LogP contribution >= 0.6 is 0 Å². The molecule has 158 valence electrons. The number of amides is 3. The molecule has 6 heteroatoms. The Balaban J connectivity index is 4.96. The van der Waals surface area contributed by atoms with Crippen LogP contribution < -0.4 is 16.0 Å². The average Bonchev–Trinajstić information content (AvgIpc) is 2.61. The molecule has 0 aliphatic heterocycles. The van der Waals surface area contributed by atoms with E-state index in [1.165, 1.54) is 0 Å². The van der Waals surface area contributed by atoms with E-state index in [2.05, 4.69) is 22.9 Å². The van der Waals surface area contributed by atoms with Crippen molar-refractivity contribution in [2.24, 2.45) is 5.92 Å². The zero-order valence-corrected chi connectivity index (χ0v) is 18.2. The number of carbonyl (C=O) groups excluding carboxylic acids is 3. The Morgan fingerprint density at radius 1 is 0.593 bits per heavy atom. The molecule has 4 atom stereocenters. The SMILES string of the molecule is CCCC(C)NC(=O)C(CCC)NC(=O)C(CCC)NC(=O)C(C)CCC. The maximum Gasteiger partial charge on any atom is 0.243 e. The van der Waals surface area contributed by atoms with E-state index in [1.807, 2.05) is 34.6 Å². The highest BCUT2D eigenvalue weighted by Gasteiger charge is 2.27. The third-order valence-corrected chi connectivity index (χ3v) is 4.70. The third-order valence-electron chi connectivity index (χ3n) is 4.70. The second-order valence-corrected chi connectivity index (χ2v) is 7.59. The monoisotopic (exact) mass is 383 g/mol. The van der Waals surface area contributed by atoms with Gasteiger partial charge in [0, 0.05) is 12.0 Å². The van der Waals surface area contributed by atoms with Crippen LogP contribution in [0.15, 0.2) is 0 Å². The first-order chi connectivity index (χ1) is 12.8. The van der Waals surface area contributed by atoms with E-state index in [0.29, 0.717) is 12.8 Å². The Hall–Kier alpha value is -1.59. The lowest BCUT2D eigenvalue weighted by Crippen LogP contribution is -2.55. The molecule has 0 aromatic carbocycles. The summed E-state index contributed by atoms with van der Waals surface area (Å²) in [7, 11) is 0. The standard InChI is InChI=1S/C21H41N3O3/c1-7-11-15(5)19(25)23-18(14-10-4)21(27)24-17(13-9-3)20(26)22-16(6)12-8-2/h15-18H,7-14H2,1-6H3,(H,22,26)(H,23,25)(H,24,27). The van der Waals surface area contributed by atoms with Gasteiger partial charge in [0.05, 0.1) is 0 Å². The molecule has 0 radical (unpaired) electrons. The summed E-state index contributed by atoms with van der Waals surface area (Å²) in [6.07, 6.45) is 6.32. The van der Waals surface area contributed by atoms with Crippen molar-refractivity contribution in [3.63, 3.8) is 0 Å². The fraction of sp³-hybridized carbons (Fsp3) is 0.857. The zero-order valence-electron chi connectivity index (χ0n) is 18.2. The summed E-state index contributed by atoms with van der Waals surface area (Å²) in [6, 6.07) is -1.08. The number of hydrogen-bond acceptors (Lipinski definition) is 3. The van der Waals surface area contributed by atoms with E-state index in [-0.39, 0.29) is 29.7 Å². The van der Waals surface area contributed by atoms with Crippen LogP contribution in [0.3, 0.4) is 0 Å². The molecule has 0 heterocycles. The van der Waals surface area contributed by atoms with Gasteiger partial charge >= 0.3 is 0 Å². The Morgan fingerprint density at radius 3 is 1.44 bits per heavy atom. The van der Waals surface area contributed by atoms with Gasteiger partial charge in [-0.25, -0.2) is 0 Å². The van der Waals surface area contributed by atoms with Crippen molar-refractivity contribution in [1.29, 1.82) is 0 Å². The molecule has 0 rings (SSSR count). The van der Waals surface area contributed by atoms with Gasteiger partial charge in [0.1, 0.15) is 12.1 Å². The van der Waals surface area contributed by atoms with Crippen molar-refractivity contribution < 1.29 is 14.4 Å². The highest BCUT2D eigenvalue weighted by Crippen LogP contribution is 2.08. The third kappa shape index (κ3) is 10.4. The van der Waals surface area contributed by atoms with E-state index in [1.54, 1.807) is 0 Å². The summed E-state index contributed by atoms with van der Waals surface area (Å²) in [5.41, 5.74) is 0. The van der Waals surface area contributed by atoms with Crippen molar-refractivity contribution in [2.75, 3.05) is 0 Å². The van der Waals surface area contributed by atoms with Crippen molar-refractivity contribution in [1.82, 2.24) is 16.0 Å². The van der Waals surface area contributed by atoms with E-state index in [0.717, 1.165) is 38.5 Å². The topological polar surface area (TPSA) is 87.3 Å². The van der Waals surface area contributed by atoms with Crippen molar-refractivity contribution >= 4 is 17.7 Å². The molecule has 27 heavy (non-hydrogen) atoms. The first kappa shape index (κ1) is 25.4. The van der Waals surface area contributed by atoms with Crippen molar-refractivity contribution in [3.05, 3.63) is 0 Å². The fourth-order valence-electron chi connectivity index (χ4n) is 3.11. The minimum Gasteiger partial charge on any atom is -0.352 e. The van der Waals surface area contributed by atoms with Gasteiger partial charge in [-0.2, -0.15) is 0 Å². The molecule has 4 unspecified atom stereocenters. The molecule has 0 aliphatic rings. The van der Waals surface area contributed by atoms with Gasteiger partial charge in [0.15, 0.2) is 0 Å². The molecule has 0 aliphatic carbocycles. The van der Waals surface area contributed by atoms with Crippen LogP contribution in [0.4, 0.5) is 0 Å². The molecule has 0 saturated carbocycles. The summed E-state index contributed by atoms with van der Waals surface area (Å²) in [6.45, 7) is 11.9. The number of nitrogens with one attached hydrogen (secondary N) is 3. The van der Waals surface area contributed by atoms with Crippen LogP contribution in [-0.4, -0.2) is 35.8 Å². The fourth-order valence-corrected chi connectivity index (χ4v) is 3.11. The maximum absolute atomic E-state index is 12.7. The highest BCUT2D eigenvalue weighted by atomic mass is 16.2. The molecule has 0 fully saturated rings. The summed E-state index contributed by atoms with van der Waals surface area (Å²) in [5.74, 6) is -0.636. The smallest absolute Gasteiger partial charge is 0.243 e. The van der Waals surface area contributed by atoms with E-state index < -0.39 is 12.1 Å². The average molecular weight is 384 g/mol. The molecule has 6 nitrogen and oxygen atoms in total. The number of carbonyl (C=O) groups is 3. The number of hydrogen-bond donors (Lipinski definition) is 3. The predicted octanol–water partition coefficient (Wildman–Crippen LogP) is 3.30. The van der Waals surface area contributed by atoms with Crippen molar-refractivity contribution in [3.8, 4) is 0 Å². The second kappa shape index (κ2) is 14.5. The lowest BCUT2D eigenvalue weighted by Gasteiger charge is -2.25. The van der Waals surface area contributed by atoms with Gasteiger partial charge in [0.2, 0.25) is 17.7 Å². The van der Waals surface area contributed by atoms with E-state index >= 15 is 0 Å². The molecular formula is C21H41N3O3. The Kier molecular flexibility index (Phi) is 13.6. The van der Waals surface area contributed by atoms with Gasteiger partial charge in [0.25, 0.3) is 0 Å². The van der Waals surface area contributed by atoms with Crippen LogP contribution in [0.2, 0.25) is 0 Å². The summed E-state index contributed by atoms with van der Waals surface area (Å²) < 4.78 is 0. The van der Waals surface area contributed by atoms with E-state index in [9.17, 15) is 14.4 Å².